The molecule has 0 aliphatic heterocycles. The number of carbonyl (C=O) groups excluding carboxylic acids is 1. The summed E-state index contributed by atoms with van der Waals surface area (Å²) < 4.78 is 45.7. The number of halogens is 3. The molecule has 0 saturated heterocycles. The third-order valence-electron chi connectivity index (χ3n) is 3.75. The van der Waals surface area contributed by atoms with E-state index < -0.39 is 17.6 Å². The minimum Gasteiger partial charge on any atom is -0.385 e. The van der Waals surface area contributed by atoms with Gasteiger partial charge in [0.05, 0.1) is 11.3 Å². The van der Waals surface area contributed by atoms with E-state index in [1.807, 2.05) is 0 Å². The van der Waals surface area contributed by atoms with Crippen molar-refractivity contribution in [3.63, 3.8) is 0 Å². The Morgan fingerprint density at radius 3 is 2.92 bits per heavy atom. The van der Waals surface area contributed by atoms with Crippen LogP contribution >= 0.6 is 11.3 Å². The minimum atomic E-state index is -4.46. The standard InChI is InChI=1S/C17H16F3N3O2S/c1-25-8-3-6-21-15(24)13-14(23-7-9-26-16(23)22-13)11-4-2-5-12(10-11)17(18,19)20/h2,4-5,7,9-10H,3,6,8H2,1H3,(H,21,24). The second-order valence-corrected chi connectivity index (χ2v) is 6.42. The summed E-state index contributed by atoms with van der Waals surface area (Å²) in [6, 6.07) is 4.89. The van der Waals surface area contributed by atoms with Gasteiger partial charge in [0.2, 0.25) is 0 Å². The lowest BCUT2D eigenvalue weighted by Gasteiger charge is -2.10. The number of amides is 1. The normalized spacial score (nSPS) is 11.8. The van der Waals surface area contributed by atoms with Gasteiger partial charge in [0.15, 0.2) is 10.7 Å². The summed E-state index contributed by atoms with van der Waals surface area (Å²) in [5.74, 6) is -0.426. The van der Waals surface area contributed by atoms with Gasteiger partial charge >= 0.3 is 6.18 Å². The van der Waals surface area contributed by atoms with E-state index >= 15 is 0 Å². The molecule has 3 aromatic rings. The Morgan fingerprint density at radius 2 is 2.19 bits per heavy atom. The Bertz CT molecular complexity index is 918. The molecule has 3 rings (SSSR count). The summed E-state index contributed by atoms with van der Waals surface area (Å²) in [4.78, 5) is 17.3. The maximum atomic E-state index is 13.1. The van der Waals surface area contributed by atoms with Crippen molar-refractivity contribution < 1.29 is 22.7 Å². The van der Waals surface area contributed by atoms with Crippen LogP contribution in [0.2, 0.25) is 0 Å². The van der Waals surface area contributed by atoms with Crippen molar-refractivity contribution in [2.75, 3.05) is 20.3 Å². The number of alkyl halides is 3. The van der Waals surface area contributed by atoms with Crippen molar-refractivity contribution in [1.29, 1.82) is 0 Å². The summed E-state index contributed by atoms with van der Waals surface area (Å²) in [7, 11) is 1.57. The first kappa shape index (κ1) is 18.4. The molecule has 9 heteroatoms. The molecule has 1 amide bonds. The highest BCUT2D eigenvalue weighted by molar-refractivity contribution is 7.15. The largest absolute Gasteiger partial charge is 0.416 e. The lowest BCUT2D eigenvalue weighted by Crippen LogP contribution is -2.26. The molecule has 0 spiro atoms. The van der Waals surface area contributed by atoms with Gasteiger partial charge in [0.1, 0.15) is 0 Å². The Hall–Kier alpha value is -2.39. The molecule has 0 atom stereocenters. The summed E-state index contributed by atoms with van der Waals surface area (Å²) in [5, 5.41) is 4.49. The van der Waals surface area contributed by atoms with Crippen LogP contribution in [0, 0.1) is 0 Å². The molecule has 0 radical (unpaired) electrons. The zero-order valence-corrected chi connectivity index (χ0v) is 14.7. The number of aromatic nitrogens is 2. The molecule has 0 bridgehead atoms. The Kier molecular flexibility index (Phi) is 5.28. The molecule has 0 saturated carbocycles. The smallest absolute Gasteiger partial charge is 0.385 e. The monoisotopic (exact) mass is 383 g/mol. The predicted octanol–water partition coefficient (Wildman–Crippen LogP) is 3.85. The van der Waals surface area contributed by atoms with Gasteiger partial charge in [-0.05, 0) is 18.6 Å². The van der Waals surface area contributed by atoms with Crippen LogP contribution in [0.4, 0.5) is 13.2 Å². The number of rotatable bonds is 6. The molecular weight excluding hydrogens is 367 g/mol. The molecule has 5 nitrogen and oxygen atoms in total. The van der Waals surface area contributed by atoms with Gasteiger partial charge in [-0.3, -0.25) is 9.20 Å². The molecule has 0 aliphatic rings. The van der Waals surface area contributed by atoms with E-state index in [0.29, 0.717) is 30.2 Å². The molecule has 2 aromatic heterocycles. The average molecular weight is 383 g/mol. The van der Waals surface area contributed by atoms with Gasteiger partial charge in [-0.1, -0.05) is 12.1 Å². The Balaban J connectivity index is 2.00. The summed E-state index contributed by atoms with van der Waals surface area (Å²) >= 11 is 1.31. The number of benzene rings is 1. The van der Waals surface area contributed by atoms with Crippen LogP contribution < -0.4 is 5.32 Å². The number of nitrogens with zero attached hydrogens (tertiary/aromatic N) is 2. The molecule has 1 N–H and O–H groups in total. The van der Waals surface area contributed by atoms with Crippen LogP contribution in [0.3, 0.4) is 0 Å². The lowest BCUT2D eigenvalue weighted by molar-refractivity contribution is -0.137. The summed E-state index contributed by atoms with van der Waals surface area (Å²) in [5.41, 5.74) is -0.0374. The molecule has 2 heterocycles. The maximum Gasteiger partial charge on any atom is 0.416 e. The van der Waals surface area contributed by atoms with Crippen LogP contribution in [-0.4, -0.2) is 35.6 Å². The van der Waals surface area contributed by atoms with Gasteiger partial charge in [-0.15, -0.1) is 11.3 Å². The van der Waals surface area contributed by atoms with Crippen molar-refractivity contribution in [3.8, 4) is 11.3 Å². The lowest BCUT2D eigenvalue weighted by atomic mass is 10.1. The Morgan fingerprint density at radius 1 is 1.38 bits per heavy atom. The van der Waals surface area contributed by atoms with E-state index in [0.717, 1.165) is 12.1 Å². The Labute approximate surface area is 151 Å². The van der Waals surface area contributed by atoms with Crippen LogP contribution in [0.5, 0.6) is 0 Å². The molecule has 0 aliphatic carbocycles. The molecular formula is C17H16F3N3O2S. The van der Waals surface area contributed by atoms with Crippen molar-refractivity contribution >= 4 is 22.2 Å². The van der Waals surface area contributed by atoms with Gasteiger partial charge in [-0.25, -0.2) is 4.98 Å². The summed E-state index contributed by atoms with van der Waals surface area (Å²) in [6.45, 7) is 0.888. The van der Waals surface area contributed by atoms with Crippen LogP contribution in [0.25, 0.3) is 16.2 Å². The molecule has 138 valence electrons. The third-order valence-corrected chi connectivity index (χ3v) is 4.51. The first-order chi connectivity index (χ1) is 12.4. The fraction of sp³-hybridized carbons (Fsp3) is 0.294. The highest BCUT2D eigenvalue weighted by atomic mass is 32.1. The van der Waals surface area contributed by atoms with E-state index in [1.165, 1.54) is 23.5 Å². The van der Waals surface area contributed by atoms with Crippen LogP contribution in [0.15, 0.2) is 35.8 Å². The number of fused-ring (bicyclic) bond motifs is 1. The SMILES string of the molecule is COCCCNC(=O)c1nc2sccn2c1-c1cccc(C(F)(F)F)c1. The van der Waals surface area contributed by atoms with Crippen molar-refractivity contribution in [3.05, 3.63) is 47.1 Å². The van der Waals surface area contributed by atoms with Gasteiger partial charge < -0.3 is 10.1 Å². The zero-order chi connectivity index (χ0) is 18.7. The third kappa shape index (κ3) is 3.73. The quantitative estimate of drug-likeness (QED) is 0.658. The number of carbonyl (C=O) groups is 1. The second kappa shape index (κ2) is 7.46. The van der Waals surface area contributed by atoms with Crippen molar-refractivity contribution in [2.24, 2.45) is 0 Å². The number of ether oxygens (including phenoxy) is 1. The highest BCUT2D eigenvalue weighted by Gasteiger charge is 2.31. The number of thiazole rings is 1. The van der Waals surface area contributed by atoms with E-state index in [9.17, 15) is 18.0 Å². The molecule has 26 heavy (non-hydrogen) atoms. The van der Waals surface area contributed by atoms with Crippen LogP contribution in [-0.2, 0) is 10.9 Å². The zero-order valence-electron chi connectivity index (χ0n) is 13.8. The number of imidazole rings is 1. The first-order valence-electron chi connectivity index (χ1n) is 7.82. The van der Waals surface area contributed by atoms with Gasteiger partial charge in [0.25, 0.3) is 5.91 Å². The maximum absolute atomic E-state index is 13.1. The number of hydrogen-bond acceptors (Lipinski definition) is 4. The minimum absolute atomic E-state index is 0.105. The fourth-order valence-corrected chi connectivity index (χ4v) is 3.28. The van der Waals surface area contributed by atoms with Crippen LogP contribution in [0.1, 0.15) is 22.5 Å². The van der Waals surface area contributed by atoms with E-state index in [4.69, 9.17) is 4.74 Å². The van der Waals surface area contributed by atoms with Crippen molar-refractivity contribution in [1.82, 2.24) is 14.7 Å². The summed E-state index contributed by atoms with van der Waals surface area (Å²) in [6.07, 6.45) is -2.15. The number of methoxy groups -OCH3 is 1. The number of nitrogens with one attached hydrogen (secondary N) is 1. The highest BCUT2D eigenvalue weighted by Crippen LogP contribution is 2.34. The number of hydrogen-bond donors (Lipinski definition) is 1. The van der Waals surface area contributed by atoms with Gasteiger partial charge in [-0.2, -0.15) is 13.2 Å². The van der Waals surface area contributed by atoms with E-state index in [-0.39, 0.29) is 11.3 Å². The average Bonchev–Trinajstić information content (AvgIpc) is 3.18. The molecule has 1 aromatic carbocycles. The van der Waals surface area contributed by atoms with E-state index in [1.54, 1.807) is 23.1 Å². The fourth-order valence-electron chi connectivity index (χ4n) is 2.56. The predicted molar refractivity (Wildman–Crippen MR) is 92.3 cm³/mol. The topological polar surface area (TPSA) is 55.6 Å². The molecule has 0 unspecified atom stereocenters. The van der Waals surface area contributed by atoms with E-state index in [2.05, 4.69) is 10.3 Å². The van der Waals surface area contributed by atoms with Crippen molar-refractivity contribution in [2.45, 2.75) is 12.6 Å². The second-order valence-electron chi connectivity index (χ2n) is 5.55. The molecule has 0 fully saturated rings. The van der Waals surface area contributed by atoms with Gasteiger partial charge in [0, 0.05) is 37.4 Å². The first-order valence-corrected chi connectivity index (χ1v) is 8.70.